The Kier molecular flexibility index (Phi) is 5.52. The van der Waals surface area contributed by atoms with E-state index in [2.05, 4.69) is 15.5 Å². The zero-order chi connectivity index (χ0) is 22.0. The Morgan fingerprint density at radius 1 is 1.03 bits per heavy atom. The molecule has 0 fully saturated rings. The Morgan fingerprint density at radius 3 is 2.45 bits per heavy atom. The summed E-state index contributed by atoms with van der Waals surface area (Å²) in [6, 6.07) is 8.46. The van der Waals surface area contributed by atoms with E-state index >= 15 is 0 Å². The van der Waals surface area contributed by atoms with Crippen LogP contribution in [-0.2, 0) is 17.9 Å². The average Bonchev–Trinajstić information content (AvgIpc) is 3.17. The van der Waals surface area contributed by atoms with E-state index in [1.807, 2.05) is 0 Å². The monoisotopic (exact) mass is 428 g/mol. The van der Waals surface area contributed by atoms with Crippen LogP contribution in [0.1, 0.15) is 12.0 Å². The second kappa shape index (κ2) is 8.42. The highest BCUT2D eigenvalue weighted by molar-refractivity contribution is 5.88. The summed E-state index contributed by atoms with van der Waals surface area (Å²) in [5.41, 5.74) is 0.0799. The molecular formula is C21H15F3N4O3. The van der Waals surface area contributed by atoms with E-state index in [0.717, 1.165) is 17.7 Å². The number of halogens is 3. The van der Waals surface area contributed by atoms with Crippen LogP contribution in [0.4, 0.5) is 13.2 Å². The molecule has 2 aromatic carbocycles. The fraction of sp³-hybridized carbons (Fsp3) is 0.143. The summed E-state index contributed by atoms with van der Waals surface area (Å²) in [7, 11) is 0. The van der Waals surface area contributed by atoms with Gasteiger partial charge in [-0.1, -0.05) is 17.3 Å². The molecule has 0 saturated heterocycles. The number of aryl methyl sites for hydroxylation is 1. The van der Waals surface area contributed by atoms with E-state index in [-0.39, 0.29) is 53.6 Å². The van der Waals surface area contributed by atoms with E-state index in [9.17, 15) is 22.8 Å². The minimum absolute atomic E-state index is 0.0131. The Bertz CT molecular complexity index is 1300. The molecule has 2 aromatic heterocycles. The van der Waals surface area contributed by atoms with Crippen LogP contribution in [-0.4, -0.2) is 20.6 Å². The summed E-state index contributed by atoms with van der Waals surface area (Å²) in [5.74, 6) is -2.35. The lowest BCUT2D eigenvalue weighted by molar-refractivity contribution is -0.121. The van der Waals surface area contributed by atoms with Crippen LogP contribution >= 0.6 is 0 Å². The molecule has 0 aliphatic rings. The summed E-state index contributed by atoms with van der Waals surface area (Å²) in [5, 5.41) is 6.36. The molecule has 31 heavy (non-hydrogen) atoms. The van der Waals surface area contributed by atoms with Crippen LogP contribution in [0.25, 0.3) is 22.4 Å². The maximum atomic E-state index is 13.6. The molecule has 0 bridgehead atoms. The number of nitrogens with zero attached hydrogens (tertiary/aromatic N) is 3. The largest absolute Gasteiger partial charge is 0.352 e. The lowest BCUT2D eigenvalue weighted by Gasteiger charge is -2.07. The predicted octanol–water partition coefficient (Wildman–Crippen LogP) is 3.18. The number of rotatable bonds is 6. The molecule has 0 aliphatic carbocycles. The SMILES string of the molecule is O=C(CCn1cnc2onc(-c3cc(F)cc(F)c3)c2c1=O)NCc1ccc(F)cc1. The summed E-state index contributed by atoms with van der Waals surface area (Å²) in [4.78, 5) is 28.9. The van der Waals surface area contributed by atoms with Crippen molar-refractivity contribution in [2.45, 2.75) is 19.5 Å². The topological polar surface area (TPSA) is 90.0 Å². The van der Waals surface area contributed by atoms with E-state index in [1.54, 1.807) is 12.1 Å². The zero-order valence-electron chi connectivity index (χ0n) is 15.9. The lowest BCUT2D eigenvalue weighted by Crippen LogP contribution is -2.27. The molecule has 1 N–H and O–H groups in total. The number of fused-ring (bicyclic) bond motifs is 1. The van der Waals surface area contributed by atoms with Crippen molar-refractivity contribution in [2.24, 2.45) is 0 Å². The summed E-state index contributed by atoms with van der Waals surface area (Å²) in [6.45, 7) is 0.228. The van der Waals surface area contributed by atoms with E-state index in [0.29, 0.717) is 6.07 Å². The number of amides is 1. The minimum Gasteiger partial charge on any atom is -0.352 e. The highest BCUT2D eigenvalue weighted by Crippen LogP contribution is 2.25. The van der Waals surface area contributed by atoms with Gasteiger partial charge in [-0.3, -0.25) is 14.2 Å². The maximum absolute atomic E-state index is 13.6. The zero-order valence-corrected chi connectivity index (χ0v) is 15.9. The fourth-order valence-corrected chi connectivity index (χ4v) is 3.04. The van der Waals surface area contributed by atoms with Crippen molar-refractivity contribution in [3.05, 3.63) is 82.2 Å². The number of aromatic nitrogens is 3. The summed E-state index contributed by atoms with van der Waals surface area (Å²) in [6.07, 6.45) is 1.18. The summed E-state index contributed by atoms with van der Waals surface area (Å²) < 4.78 is 46.3. The molecule has 4 aromatic rings. The third kappa shape index (κ3) is 4.47. The van der Waals surface area contributed by atoms with Crippen LogP contribution in [0.3, 0.4) is 0 Å². The number of hydrogen-bond donors (Lipinski definition) is 1. The molecule has 1 amide bonds. The second-order valence-electron chi connectivity index (χ2n) is 6.77. The van der Waals surface area contributed by atoms with Crippen LogP contribution in [0.2, 0.25) is 0 Å². The molecule has 0 unspecified atom stereocenters. The van der Waals surface area contributed by atoms with E-state index in [1.165, 1.54) is 23.0 Å². The fourth-order valence-electron chi connectivity index (χ4n) is 3.04. The highest BCUT2D eigenvalue weighted by atomic mass is 19.1. The molecule has 0 atom stereocenters. The smallest absolute Gasteiger partial charge is 0.266 e. The number of carbonyl (C=O) groups is 1. The Balaban J connectivity index is 1.51. The Hall–Kier alpha value is -3.95. The first-order valence-electron chi connectivity index (χ1n) is 9.23. The molecule has 2 heterocycles. The van der Waals surface area contributed by atoms with Gasteiger partial charge in [0.15, 0.2) is 0 Å². The first-order chi connectivity index (χ1) is 14.9. The van der Waals surface area contributed by atoms with Crippen LogP contribution in [0, 0.1) is 17.5 Å². The highest BCUT2D eigenvalue weighted by Gasteiger charge is 2.18. The van der Waals surface area contributed by atoms with Crippen LogP contribution < -0.4 is 10.9 Å². The van der Waals surface area contributed by atoms with Gasteiger partial charge < -0.3 is 9.84 Å². The molecule has 0 spiro atoms. The van der Waals surface area contributed by atoms with Gasteiger partial charge in [0.25, 0.3) is 11.3 Å². The predicted molar refractivity (Wildman–Crippen MR) is 104 cm³/mol. The van der Waals surface area contributed by atoms with Gasteiger partial charge in [0, 0.05) is 31.1 Å². The molecular weight excluding hydrogens is 413 g/mol. The number of nitrogens with one attached hydrogen (secondary N) is 1. The Labute approximate surface area is 173 Å². The molecule has 7 nitrogen and oxygen atoms in total. The van der Waals surface area contributed by atoms with Gasteiger partial charge in [-0.05, 0) is 29.8 Å². The Morgan fingerprint density at radius 2 is 1.74 bits per heavy atom. The standard InChI is InChI=1S/C21H15F3N4O3/c22-14-3-1-12(2-4-14)10-25-17(29)5-6-28-11-26-20-18(21(28)30)19(27-31-20)13-7-15(23)9-16(24)8-13/h1-4,7-9,11H,5-6,10H2,(H,25,29). The maximum Gasteiger partial charge on any atom is 0.266 e. The lowest BCUT2D eigenvalue weighted by atomic mass is 10.1. The van der Waals surface area contributed by atoms with Gasteiger partial charge in [0.05, 0.1) is 0 Å². The third-order valence-corrected chi connectivity index (χ3v) is 4.58. The number of hydrogen-bond acceptors (Lipinski definition) is 5. The van der Waals surface area contributed by atoms with Crippen molar-refractivity contribution in [1.29, 1.82) is 0 Å². The van der Waals surface area contributed by atoms with Crippen molar-refractivity contribution in [3.63, 3.8) is 0 Å². The van der Waals surface area contributed by atoms with Gasteiger partial charge in [0.2, 0.25) is 5.91 Å². The first kappa shape index (κ1) is 20.3. The minimum atomic E-state index is -0.826. The van der Waals surface area contributed by atoms with Crippen molar-refractivity contribution in [3.8, 4) is 11.3 Å². The number of carbonyl (C=O) groups excluding carboxylic acids is 1. The second-order valence-corrected chi connectivity index (χ2v) is 6.77. The van der Waals surface area contributed by atoms with Crippen LogP contribution in [0.15, 0.2) is 58.1 Å². The quantitative estimate of drug-likeness (QED) is 0.510. The van der Waals surface area contributed by atoms with Gasteiger partial charge >= 0.3 is 0 Å². The van der Waals surface area contributed by atoms with Gasteiger partial charge in [-0.15, -0.1) is 0 Å². The summed E-state index contributed by atoms with van der Waals surface area (Å²) >= 11 is 0. The molecule has 0 radical (unpaired) electrons. The van der Waals surface area contributed by atoms with E-state index in [4.69, 9.17) is 4.52 Å². The average molecular weight is 428 g/mol. The molecule has 0 aliphatic heterocycles. The van der Waals surface area contributed by atoms with Gasteiger partial charge in [-0.2, -0.15) is 0 Å². The first-order valence-corrected chi connectivity index (χ1v) is 9.23. The van der Waals surface area contributed by atoms with Gasteiger partial charge in [0.1, 0.15) is 34.9 Å². The van der Waals surface area contributed by atoms with Crippen molar-refractivity contribution >= 4 is 17.0 Å². The van der Waals surface area contributed by atoms with Crippen molar-refractivity contribution in [1.82, 2.24) is 20.0 Å². The van der Waals surface area contributed by atoms with Crippen molar-refractivity contribution < 1.29 is 22.5 Å². The molecule has 158 valence electrons. The van der Waals surface area contributed by atoms with E-state index < -0.39 is 17.2 Å². The molecule has 4 rings (SSSR count). The molecule has 10 heteroatoms. The van der Waals surface area contributed by atoms with Gasteiger partial charge in [-0.25, -0.2) is 18.2 Å². The number of benzene rings is 2. The third-order valence-electron chi connectivity index (χ3n) is 4.58. The normalized spacial score (nSPS) is 11.1. The van der Waals surface area contributed by atoms with Crippen molar-refractivity contribution in [2.75, 3.05) is 0 Å². The molecule has 0 saturated carbocycles. The van der Waals surface area contributed by atoms with Crippen LogP contribution in [0.5, 0.6) is 0 Å².